The number of nitrogens with zero attached hydrogens (tertiary/aromatic N) is 2. The minimum atomic E-state index is 0.140. The van der Waals surface area contributed by atoms with Gasteiger partial charge in [-0.1, -0.05) is 18.2 Å². The number of aryl methyl sites for hydroxylation is 1. The predicted molar refractivity (Wildman–Crippen MR) is 85.8 cm³/mol. The van der Waals surface area contributed by atoms with Crippen molar-refractivity contribution in [2.24, 2.45) is 0 Å². The van der Waals surface area contributed by atoms with Gasteiger partial charge < -0.3 is 10.2 Å². The molecule has 4 nitrogen and oxygen atoms in total. The Bertz CT molecular complexity index is 638. The first-order valence-electron chi connectivity index (χ1n) is 7.33. The van der Waals surface area contributed by atoms with Crippen LogP contribution in [0.15, 0.2) is 30.5 Å². The summed E-state index contributed by atoms with van der Waals surface area (Å²) in [7, 11) is 0. The van der Waals surface area contributed by atoms with E-state index in [0.29, 0.717) is 6.54 Å². The molecule has 0 atom stereocenters. The van der Waals surface area contributed by atoms with E-state index in [0.717, 1.165) is 41.5 Å². The van der Waals surface area contributed by atoms with E-state index in [1.165, 1.54) is 5.56 Å². The number of hydrogen-bond acceptors (Lipinski definition) is 4. The number of carbonyl (C=O) groups is 1. The van der Waals surface area contributed by atoms with E-state index in [2.05, 4.69) is 23.3 Å². The van der Waals surface area contributed by atoms with Crippen LogP contribution in [-0.4, -0.2) is 28.9 Å². The molecule has 1 aromatic heterocycles. The Labute approximate surface area is 128 Å². The second kappa shape index (κ2) is 6.26. The van der Waals surface area contributed by atoms with E-state index in [-0.39, 0.29) is 5.91 Å². The molecule has 0 bridgehead atoms. The number of carbonyl (C=O) groups excluding carboxylic acids is 1. The summed E-state index contributed by atoms with van der Waals surface area (Å²) in [5, 5.41) is 4.13. The summed E-state index contributed by atoms with van der Waals surface area (Å²) in [4.78, 5) is 20.1. The van der Waals surface area contributed by atoms with Gasteiger partial charge in [-0.2, -0.15) is 0 Å². The Morgan fingerprint density at radius 2 is 2.24 bits per heavy atom. The summed E-state index contributed by atoms with van der Waals surface area (Å²) in [5.74, 6) is 0.140. The molecule has 1 N–H and O–H groups in total. The van der Waals surface area contributed by atoms with E-state index < -0.39 is 0 Å². The topological polar surface area (TPSA) is 45.2 Å². The first kappa shape index (κ1) is 14.1. The maximum Gasteiger partial charge on any atom is 0.254 e. The molecule has 3 rings (SSSR count). The molecule has 2 aromatic rings. The molecule has 1 aromatic carbocycles. The van der Waals surface area contributed by atoms with Gasteiger partial charge in [-0.3, -0.25) is 4.79 Å². The van der Waals surface area contributed by atoms with Gasteiger partial charge in [0.1, 0.15) is 0 Å². The number of rotatable bonds is 4. The average Bonchev–Trinajstić information content (AvgIpc) is 2.87. The van der Waals surface area contributed by atoms with Gasteiger partial charge in [-0.25, -0.2) is 4.98 Å². The molecule has 0 saturated carbocycles. The molecular formula is C16H19N3OS. The average molecular weight is 301 g/mol. The molecule has 0 unspecified atom stereocenters. The standard InChI is InChI=1S/C16H19N3OS/c1-2-17-16-18-10-13(21-16)11-19-9-5-7-12-6-3-4-8-14(12)15(19)20/h3-4,6,8,10H,2,5,7,9,11H2,1H3,(H,17,18). The summed E-state index contributed by atoms with van der Waals surface area (Å²) in [6.45, 7) is 4.37. The van der Waals surface area contributed by atoms with Crippen molar-refractivity contribution in [3.05, 3.63) is 46.5 Å². The van der Waals surface area contributed by atoms with Crippen molar-refractivity contribution in [1.82, 2.24) is 9.88 Å². The normalized spacial score (nSPS) is 14.7. The Morgan fingerprint density at radius 1 is 1.38 bits per heavy atom. The van der Waals surface area contributed by atoms with E-state index >= 15 is 0 Å². The lowest BCUT2D eigenvalue weighted by Crippen LogP contribution is -2.30. The van der Waals surface area contributed by atoms with Gasteiger partial charge in [0.15, 0.2) is 5.13 Å². The van der Waals surface area contributed by atoms with Gasteiger partial charge in [-0.15, -0.1) is 11.3 Å². The quantitative estimate of drug-likeness (QED) is 0.943. The second-order valence-electron chi connectivity index (χ2n) is 5.15. The maximum absolute atomic E-state index is 12.7. The summed E-state index contributed by atoms with van der Waals surface area (Å²) >= 11 is 1.63. The van der Waals surface area contributed by atoms with E-state index in [1.807, 2.05) is 29.3 Å². The third-order valence-electron chi connectivity index (χ3n) is 3.64. The van der Waals surface area contributed by atoms with Crippen molar-refractivity contribution in [2.45, 2.75) is 26.3 Å². The van der Waals surface area contributed by atoms with Crippen LogP contribution in [0.1, 0.15) is 34.1 Å². The molecule has 0 spiro atoms. The number of nitrogens with one attached hydrogen (secondary N) is 1. The highest BCUT2D eigenvalue weighted by atomic mass is 32.1. The number of hydrogen-bond donors (Lipinski definition) is 1. The molecule has 5 heteroatoms. The summed E-state index contributed by atoms with van der Waals surface area (Å²) in [5.41, 5.74) is 2.02. The molecule has 1 amide bonds. The minimum absolute atomic E-state index is 0.140. The van der Waals surface area contributed by atoms with Gasteiger partial charge in [0.2, 0.25) is 0 Å². The molecule has 0 saturated heterocycles. The van der Waals surface area contributed by atoms with Crippen molar-refractivity contribution in [2.75, 3.05) is 18.4 Å². The highest BCUT2D eigenvalue weighted by molar-refractivity contribution is 7.15. The lowest BCUT2D eigenvalue weighted by molar-refractivity contribution is 0.0750. The molecular weight excluding hydrogens is 282 g/mol. The number of amides is 1. The maximum atomic E-state index is 12.7. The Kier molecular flexibility index (Phi) is 4.20. The zero-order valence-electron chi connectivity index (χ0n) is 12.1. The summed E-state index contributed by atoms with van der Waals surface area (Å²) in [6, 6.07) is 7.95. The Morgan fingerprint density at radius 3 is 3.10 bits per heavy atom. The van der Waals surface area contributed by atoms with Gasteiger partial charge in [-0.05, 0) is 31.4 Å². The Balaban J connectivity index is 1.77. The third-order valence-corrected chi connectivity index (χ3v) is 4.58. The van der Waals surface area contributed by atoms with Crippen molar-refractivity contribution < 1.29 is 4.79 Å². The van der Waals surface area contributed by atoms with Gasteiger partial charge in [0.05, 0.1) is 6.54 Å². The zero-order valence-corrected chi connectivity index (χ0v) is 12.9. The fraction of sp³-hybridized carbons (Fsp3) is 0.375. The van der Waals surface area contributed by atoms with E-state index in [4.69, 9.17) is 0 Å². The SMILES string of the molecule is CCNc1ncc(CN2CCCc3ccccc3C2=O)s1. The zero-order chi connectivity index (χ0) is 14.7. The largest absolute Gasteiger partial charge is 0.362 e. The van der Waals surface area contributed by atoms with E-state index in [9.17, 15) is 4.79 Å². The molecule has 0 radical (unpaired) electrons. The molecule has 1 aliphatic rings. The number of thiazole rings is 1. The molecule has 21 heavy (non-hydrogen) atoms. The van der Waals surface area contributed by atoms with Crippen molar-refractivity contribution in [3.8, 4) is 0 Å². The van der Waals surface area contributed by atoms with Crippen LogP contribution in [0.5, 0.6) is 0 Å². The number of anilines is 1. The lowest BCUT2D eigenvalue weighted by Gasteiger charge is -2.19. The number of benzene rings is 1. The van der Waals surface area contributed by atoms with Gasteiger partial charge in [0, 0.05) is 29.7 Å². The van der Waals surface area contributed by atoms with Crippen LogP contribution in [-0.2, 0) is 13.0 Å². The minimum Gasteiger partial charge on any atom is -0.362 e. The van der Waals surface area contributed by atoms with Crippen molar-refractivity contribution in [3.63, 3.8) is 0 Å². The van der Waals surface area contributed by atoms with E-state index in [1.54, 1.807) is 11.3 Å². The fourth-order valence-electron chi connectivity index (χ4n) is 2.63. The van der Waals surface area contributed by atoms with Crippen LogP contribution < -0.4 is 5.32 Å². The first-order chi connectivity index (χ1) is 10.3. The highest BCUT2D eigenvalue weighted by Crippen LogP contribution is 2.23. The molecule has 2 heterocycles. The molecule has 110 valence electrons. The number of aromatic nitrogens is 1. The van der Waals surface area contributed by atoms with Crippen molar-refractivity contribution >= 4 is 22.4 Å². The second-order valence-corrected chi connectivity index (χ2v) is 6.26. The third kappa shape index (κ3) is 3.08. The number of fused-ring (bicyclic) bond motifs is 1. The lowest BCUT2D eigenvalue weighted by atomic mass is 10.0. The molecule has 0 aliphatic carbocycles. The predicted octanol–water partition coefficient (Wildman–Crippen LogP) is 3.16. The van der Waals surface area contributed by atoms with Crippen LogP contribution in [0, 0.1) is 0 Å². The monoisotopic (exact) mass is 301 g/mol. The van der Waals surface area contributed by atoms with Crippen LogP contribution >= 0.6 is 11.3 Å². The van der Waals surface area contributed by atoms with Gasteiger partial charge in [0.25, 0.3) is 5.91 Å². The highest BCUT2D eigenvalue weighted by Gasteiger charge is 2.22. The van der Waals surface area contributed by atoms with Crippen molar-refractivity contribution in [1.29, 1.82) is 0 Å². The summed E-state index contributed by atoms with van der Waals surface area (Å²) in [6.07, 6.45) is 3.86. The molecule has 1 aliphatic heterocycles. The fourth-order valence-corrected chi connectivity index (χ4v) is 3.53. The molecule has 0 fully saturated rings. The van der Waals surface area contributed by atoms with Crippen LogP contribution in [0.25, 0.3) is 0 Å². The van der Waals surface area contributed by atoms with Crippen LogP contribution in [0.4, 0.5) is 5.13 Å². The smallest absolute Gasteiger partial charge is 0.254 e. The Hall–Kier alpha value is -1.88. The van der Waals surface area contributed by atoms with Crippen LogP contribution in [0.3, 0.4) is 0 Å². The van der Waals surface area contributed by atoms with Crippen LogP contribution in [0.2, 0.25) is 0 Å². The summed E-state index contributed by atoms with van der Waals surface area (Å²) < 4.78 is 0. The first-order valence-corrected chi connectivity index (χ1v) is 8.15. The van der Waals surface area contributed by atoms with Gasteiger partial charge >= 0.3 is 0 Å².